The first kappa shape index (κ1) is 36.5. The zero-order valence-electron chi connectivity index (χ0n) is 35.6. The molecule has 0 atom stereocenters. The van der Waals surface area contributed by atoms with Gasteiger partial charge in [0.25, 0.3) is 0 Å². The van der Waals surface area contributed by atoms with Crippen molar-refractivity contribution in [2.24, 2.45) is 0 Å². The zero-order valence-corrected chi connectivity index (χ0v) is 35.6. The minimum absolute atomic E-state index is 0.603. The summed E-state index contributed by atoms with van der Waals surface area (Å²) in [7, 11) is 0. The molecule has 0 saturated heterocycles. The van der Waals surface area contributed by atoms with Crippen LogP contribution in [-0.2, 0) is 0 Å². The molecule has 11 aromatic carbocycles. The molecular formula is C61H37N5. The van der Waals surface area contributed by atoms with Crippen molar-refractivity contribution in [2.45, 2.75) is 0 Å². The zero-order chi connectivity index (χ0) is 43.3. The first-order chi connectivity index (χ1) is 32.7. The number of hydrogen-bond donors (Lipinski definition) is 0. The van der Waals surface area contributed by atoms with Gasteiger partial charge in [0.1, 0.15) is 0 Å². The molecule has 0 fully saturated rings. The lowest BCUT2D eigenvalue weighted by Gasteiger charge is -2.16. The fourth-order valence-corrected chi connectivity index (χ4v) is 10.4. The first-order valence-electron chi connectivity index (χ1n) is 22.4. The molecule has 0 bridgehead atoms. The largest absolute Gasteiger partial charge is 0.309 e. The van der Waals surface area contributed by atoms with Crippen LogP contribution in [0.5, 0.6) is 0 Å². The molecule has 0 spiro atoms. The maximum Gasteiger partial charge on any atom is 0.166 e. The molecule has 14 rings (SSSR count). The van der Waals surface area contributed by atoms with Gasteiger partial charge in [-0.1, -0.05) is 164 Å². The minimum Gasteiger partial charge on any atom is -0.309 e. The van der Waals surface area contributed by atoms with E-state index in [0.29, 0.717) is 17.5 Å². The Balaban J connectivity index is 1.03. The van der Waals surface area contributed by atoms with Crippen molar-refractivity contribution in [1.29, 1.82) is 0 Å². The summed E-state index contributed by atoms with van der Waals surface area (Å²) >= 11 is 0. The maximum absolute atomic E-state index is 5.40. The summed E-state index contributed by atoms with van der Waals surface area (Å²) in [4.78, 5) is 16.0. The second-order valence-corrected chi connectivity index (χ2v) is 17.2. The van der Waals surface area contributed by atoms with Crippen LogP contribution in [0.1, 0.15) is 0 Å². The molecule has 14 aromatic rings. The van der Waals surface area contributed by atoms with Crippen molar-refractivity contribution in [1.82, 2.24) is 24.1 Å². The van der Waals surface area contributed by atoms with Gasteiger partial charge in [-0.05, 0) is 104 Å². The number of para-hydroxylation sites is 3. The van der Waals surface area contributed by atoms with Crippen LogP contribution in [0, 0.1) is 0 Å². The Hall–Kier alpha value is -8.93. The number of aromatic nitrogens is 5. The molecule has 3 aromatic heterocycles. The van der Waals surface area contributed by atoms with E-state index >= 15 is 0 Å². The summed E-state index contributed by atoms with van der Waals surface area (Å²) in [5.41, 5.74) is 9.40. The van der Waals surface area contributed by atoms with Crippen molar-refractivity contribution >= 4 is 86.7 Å². The second-order valence-electron chi connectivity index (χ2n) is 17.2. The van der Waals surface area contributed by atoms with Gasteiger partial charge in [0.15, 0.2) is 17.5 Å². The molecule has 0 aliphatic heterocycles. The van der Waals surface area contributed by atoms with Crippen LogP contribution >= 0.6 is 0 Å². The quantitative estimate of drug-likeness (QED) is 0.162. The lowest BCUT2D eigenvalue weighted by Crippen LogP contribution is -2.04. The maximum atomic E-state index is 5.40. The van der Waals surface area contributed by atoms with E-state index in [-0.39, 0.29) is 0 Å². The highest BCUT2D eigenvalue weighted by molar-refractivity contribution is 6.15. The third kappa shape index (κ3) is 5.63. The molecule has 0 radical (unpaired) electrons. The molecule has 3 heterocycles. The van der Waals surface area contributed by atoms with Gasteiger partial charge in [0.05, 0.1) is 27.8 Å². The highest BCUT2D eigenvalue weighted by Crippen LogP contribution is 2.41. The Morgan fingerprint density at radius 1 is 0.258 bits per heavy atom. The molecule has 306 valence electrons. The van der Waals surface area contributed by atoms with Crippen molar-refractivity contribution < 1.29 is 0 Å². The van der Waals surface area contributed by atoms with Gasteiger partial charge < -0.3 is 9.13 Å². The Kier molecular flexibility index (Phi) is 7.91. The molecule has 0 N–H and O–H groups in total. The lowest BCUT2D eigenvalue weighted by molar-refractivity contribution is 1.07. The molecule has 0 aliphatic carbocycles. The van der Waals surface area contributed by atoms with E-state index in [0.717, 1.165) is 49.9 Å². The summed E-state index contributed by atoms with van der Waals surface area (Å²) in [6.45, 7) is 0. The summed E-state index contributed by atoms with van der Waals surface area (Å²) in [5.74, 6) is 1.85. The van der Waals surface area contributed by atoms with E-state index in [1.807, 2.05) is 0 Å². The minimum atomic E-state index is 0.603. The number of nitrogens with zero attached hydrogens (tertiary/aromatic N) is 5. The van der Waals surface area contributed by atoms with Crippen molar-refractivity contribution in [2.75, 3.05) is 0 Å². The molecule has 0 aliphatic rings. The van der Waals surface area contributed by atoms with E-state index in [4.69, 9.17) is 15.0 Å². The highest BCUT2D eigenvalue weighted by Gasteiger charge is 2.22. The van der Waals surface area contributed by atoms with E-state index < -0.39 is 0 Å². The smallest absolute Gasteiger partial charge is 0.166 e. The molecule has 0 saturated carbocycles. The van der Waals surface area contributed by atoms with Crippen LogP contribution in [-0.4, -0.2) is 24.1 Å². The Labute approximate surface area is 379 Å². The summed E-state index contributed by atoms with van der Waals surface area (Å²) in [6, 6.07) is 80.6. The fraction of sp³-hybridized carbons (Fsp3) is 0. The number of fused-ring (bicyclic) bond motifs is 11. The van der Waals surface area contributed by atoms with Gasteiger partial charge in [0.2, 0.25) is 0 Å². The lowest BCUT2D eigenvalue weighted by atomic mass is 10.00. The summed E-state index contributed by atoms with van der Waals surface area (Å²) in [5, 5.41) is 14.3. The Morgan fingerprint density at radius 2 is 0.742 bits per heavy atom. The monoisotopic (exact) mass is 839 g/mol. The third-order valence-electron chi connectivity index (χ3n) is 13.5. The van der Waals surface area contributed by atoms with Crippen LogP contribution < -0.4 is 0 Å². The van der Waals surface area contributed by atoms with Gasteiger partial charge >= 0.3 is 0 Å². The van der Waals surface area contributed by atoms with Gasteiger partial charge in [-0.3, -0.25) is 0 Å². The standard InChI is InChI=1S/C61H37N5/c1-2-15-40-33-44(28-25-38(40)13-1)59-62-60(45-29-31-48-43(34-45)27-26-39-14-5-6-18-47(39)48)64-61(63-59)52-21-9-12-24-56(52)66-57-36-42-17-4-3-16-41(42)35-53(57)51-32-30-46(37-58(51)66)65-54-22-10-7-19-49(54)50-20-8-11-23-55(50)65/h1-37H. The van der Waals surface area contributed by atoms with Gasteiger partial charge in [-0.25, -0.2) is 15.0 Å². The van der Waals surface area contributed by atoms with Crippen LogP contribution in [0.25, 0.3) is 132 Å². The van der Waals surface area contributed by atoms with Crippen LogP contribution in [0.2, 0.25) is 0 Å². The second kappa shape index (κ2) is 14.3. The third-order valence-corrected chi connectivity index (χ3v) is 13.5. The molecule has 5 heteroatoms. The average Bonchev–Trinajstić information content (AvgIpc) is 3.89. The Bertz CT molecular complexity index is 4250. The topological polar surface area (TPSA) is 48.5 Å². The fourth-order valence-electron chi connectivity index (χ4n) is 10.4. The van der Waals surface area contributed by atoms with Crippen LogP contribution in [0.15, 0.2) is 224 Å². The number of hydrogen-bond acceptors (Lipinski definition) is 3. The molecule has 0 amide bonds. The van der Waals surface area contributed by atoms with E-state index in [1.54, 1.807) is 0 Å². The SMILES string of the molecule is c1ccc(-n2c3cc(-n4c5ccccc5c5ccccc54)ccc3c3cc4ccccc4cc32)c(-c2nc(-c3ccc4ccccc4c3)nc(-c3ccc4c(ccc5ccccc54)c3)n2)c1. The molecule has 66 heavy (non-hydrogen) atoms. The Morgan fingerprint density at radius 3 is 1.50 bits per heavy atom. The normalized spacial score (nSPS) is 11.9. The molecular weight excluding hydrogens is 803 g/mol. The van der Waals surface area contributed by atoms with Gasteiger partial charge in [-0.2, -0.15) is 0 Å². The van der Waals surface area contributed by atoms with E-state index in [1.165, 1.54) is 64.9 Å². The predicted molar refractivity (Wildman–Crippen MR) is 275 cm³/mol. The number of rotatable bonds is 5. The van der Waals surface area contributed by atoms with E-state index in [2.05, 4.69) is 234 Å². The highest BCUT2D eigenvalue weighted by atomic mass is 15.1. The number of benzene rings is 11. The van der Waals surface area contributed by atoms with E-state index in [9.17, 15) is 0 Å². The summed E-state index contributed by atoms with van der Waals surface area (Å²) < 4.78 is 4.82. The van der Waals surface area contributed by atoms with Crippen LogP contribution in [0.3, 0.4) is 0 Å². The van der Waals surface area contributed by atoms with Gasteiger partial charge in [-0.15, -0.1) is 0 Å². The van der Waals surface area contributed by atoms with Crippen LogP contribution in [0.4, 0.5) is 0 Å². The van der Waals surface area contributed by atoms with Crippen molar-refractivity contribution in [3.8, 4) is 45.5 Å². The molecule has 0 unspecified atom stereocenters. The van der Waals surface area contributed by atoms with Crippen molar-refractivity contribution in [3.63, 3.8) is 0 Å². The van der Waals surface area contributed by atoms with Crippen molar-refractivity contribution in [3.05, 3.63) is 224 Å². The average molecular weight is 840 g/mol. The van der Waals surface area contributed by atoms with Gasteiger partial charge in [0, 0.05) is 43.9 Å². The first-order valence-corrected chi connectivity index (χ1v) is 22.4. The summed E-state index contributed by atoms with van der Waals surface area (Å²) in [6.07, 6.45) is 0. The molecule has 5 nitrogen and oxygen atoms in total. The predicted octanol–water partition coefficient (Wildman–Crippen LogP) is 15.7.